The molecule has 25 heavy (non-hydrogen) atoms. The van der Waals surface area contributed by atoms with Crippen LogP contribution in [0.15, 0.2) is 18.2 Å². The summed E-state index contributed by atoms with van der Waals surface area (Å²) < 4.78 is 14.8. The van der Waals surface area contributed by atoms with Gasteiger partial charge in [-0.05, 0) is 51.4 Å². The van der Waals surface area contributed by atoms with Gasteiger partial charge in [-0.1, -0.05) is 16.8 Å². The molecule has 0 spiro atoms. The van der Waals surface area contributed by atoms with E-state index in [1.54, 1.807) is 13.0 Å². The number of halogens is 3. The molecule has 2 unspecified atom stereocenters. The molecule has 0 saturated carbocycles. The fourth-order valence-electron chi connectivity index (χ4n) is 2.92. The maximum atomic E-state index is 13.3. The van der Waals surface area contributed by atoms with E-state index in [4.69, 9.17) is 11.6 Å². The molecule has 0 bridgehead atoms. The highest BCUT2D eigenvalue weighted by atomic mass is 35.5. The van der Waals surface area contributed by atoms with Crippen molar-refractivity contribution in [2.24, 2.45) is 0 Å². The molecule has 1 amide bonds. The van der Waals surface area contributed by atoms with Crippen molar-refractivity contribution in [2.75, 3.05) is 6.54 Å². The van der Waals surface area contributed by atoms with Gasteiger partial charge in [0.05, 0.1) is 16.4 Å². The van der Waals surface area contributed by atoms with E-state index >= 15 is 0 Å². The Hall–Kier alpha value is -1.70. The van der Waals surface area contributed by atoms with Crippen LogP contribution in [-0.4, -0.2) is 39.5 Å². The molecule has 136 valence electrons. The number of carbonyl (C=O) groups excluding carboxylic acids is 1. The van der Waals surface area contributed by atoms with Gasteiger partial charge in [-0.15, -0.1) is 17.5 Å². The number of rotatable bonds is 3. The van der Waals surface area contributed by atoms with Gasteiger partial charge in [-0.2, -0.15) is 0 Å². The minimum Gasteiger partial charge on any atom is -0.348 e. The number of benzene rings is 1. The summed E-state index contributed by atoms with van der Waals surface area (Å²) in [6.07, 6.45) is 1.77. The molecule has 2 aromatic rings. The Bertz CT molecular complexity index is 767. The molecule has 1 saturated heterocycles. The van der Waals surface area contributed by atoms with Crippen LogP contribution in [0, 0.1) is 12.7 Å². The van der Waals surface area contributed by atoms with Gasteiger partial charge in [0.25, 0.3) is 5.91 Å². The summed E-state index contributed by atoms with van der Waals surface area (Å²) in [5, 5.41) is 14.3. The SMILES string of the molecule is Cc1c(C(=O)NC2CCNC(C)C2)nnn1-c1ccc(F)c(Cl)c1.Cl. The Kier molecular flexibility index (Phi) is 6.37. The zero-order valence-electron chi connectivity index (χ0n) is 13.9. The lowest BCUT2D eigenvalue weighted by atomic mass is 10.0. The van der Waals surface area contributed by atoms with Crippen LogP contribution in [0.4, 0.5) is 4.39 Å². The van der Waals surface area contributed by atoms with Crippen molar-refractivity contribution in [1.82, 2.24) is 25.6 Å². The van der Waals surface area contributed by atoms with Gasteiger partial charge in [0.1, 0.15) is 5.82 Å². The average molecular weight is 388 g/mol. The van der Waals surface area contributed by atoms with Crippen LogP contribution in [0.25, 0.3) is 5.69 Å². The molecule has 9 heteroatoms. The lowest BCUT2D eigenvalue weighted by molar-refractivity contribution is 0.0920. The van der Waals surface area contributed by atoms with Crippen molar-refractivity contribution in [2.45, 2.75) is 38.8 Å². The van der Waals surface area contributed by atoms with E-state index in [1.165, 1.54) is 16.8 Å². The van der Waals surface area contributed by atoms with Crippen LogP contribution in [0.2, 0.25) is 5.02 Å². The summed E-state index contributed by atoms with van der Waals surface area (Å²) in [6, 6.07) is 4.75. The summed E-state index contributed by atoms with van der Waals surface area (Å²) in [6.45, 7) is 4.72. The van der Waals surface area contributed by atoms with E-state index in [1.807, 2.05) is 0 Å². The van der Waals surface area contributed by atoms with Crippen LogP contribution < -0.4 is 10.6 Å². The molecule has 6 nitrogen and oxygen atoms in total. The lowest BCUT2D eigenvalue weighted by Crippen LogP contribution is -2.46. The van der Waals surface area contributed by atoms with Crippen molar-refractivity contribution >= 4 is 29.9 Å². The molecular formula is C16H20Cl2FN5O. The first-order valence-electron chi connectivity index (χ1n) is 7.87. The predicted molar refractivity (Wildman–Crippen MR) is 96.3 cm³/mol. The first kappa shape index (κ1) is 19.6. The fourth-order valence-corrected chi connectivity index (χ4v) is 3.09. The molecule has 1 fully saturated rings. The average Bonchev–Trinajstić information content (AvgIpc) is 2.92. The Labute approximate surface area is 156 Å². The van der Waals surface area contributed by atoms with Crippen LogP contribution >= 0.6 is 24.0 Å². The smallest absolute Gasteiger partial charge is 0.273 e. The minimum atomic E-state index is -0.504. The highest BCUT2D eigenvalue weighted by Gasteiger charge is 2.23. The van der Waals surface area contributed by atoms with Gasteiger partial charge >= 0.3 is 0 Å². The Morgan fingerprint density at radius 2 is 2.24 bits per heavy atom. The second kappa shape index (κ2) is 8.12. The molecule has 1 aromatic heterocycles. The second-order valence-corrected chi connectivity index (χ2v) is 6.49. The molecular weight excluding hydrogens is 368 g/mol. The highest BCUT2D eigenvalue weighted by Crippen LogP contribution is 2.20. The summed E-state index contributed by atoms with van der Waals surface area (Å²) >= 11 is 5.81. The predicted octanol–water partition coefficient (Wildman–Crippen LogP) is 2.66. The van der Waals surface area contributed by atoms with Gasteiger partial charge < -0.3 is 10.6 Å². The van der Waals surface area contributed by atoms with E-state index in [0.717, 1.165) is 19.4 Å². The van der Waals surface area contributed by atoms with Crippen molar-refractivity contribution in [3.05, 3.63) is 40.4 Å². The Morgan fingerprint density at radius 3 is 2.92 bits per heavy atom. The van der Waals surface area contributed by atoms with Crippen molar-refractivity contribution in [1.29, 1.82) is 0 Å². The molecule has 0 radical (unpaired) electrons. The van der Waals surface area contributed by atoms with E-state index in [0.29, 0.717) is 17.4 Å². The summed E-state index contributed by atoms with van der Waals surface area (Å²) in [7, 11) is 0. The summed E-state index contributed by atoms with van der Waals surface area (Å²) in [4.78, 5) is 12.5. The Balaban J connectivity index is 0.00000225. The first-order chi connectivity index (χ1) is 11.5. The summed E-state index contributed by atoms with van der Waals surface area (Å²) in [5.41, 5.74) is 1.40. The standard InChI is InChI=1S/C16H19ClFN5O.ClH/c1-9-7-11(5-6-19-9)20-16(24)15-10(2)23(22-21-15)12-3-4-14(18)13(17)8-12;/h3-4,8-9,11,19H,5-7H2,1-2H3,(H,20,24);1H. The number of hydrogen-bond donors (Lipinski definition) is 2. The zero-order valence-corrected chi connectivity index (χ0v) is 15.5. The minimum absolute atomic E-state index is 0. The topological polar surface area (TPSA) is 71.8 Å². The number of aromatic nitrogens is 3. The largest absolute Gasteiger partial charge is 0.348 e. The normalized spacial score (nSPS) is 20.0. The molecule has 2 atom stereocenters. The van der Waals surface area contributed by atoms with Crippen LogP contribution in [0.3, 0.4) is 0 Å². The van der Waals surface area contributed by atoms with Gasteiger partial charge in [-0.25, -0.2) is 9.07 Å². The number of nitrogens with one attached hydrogen (secondary N) is 2. The molecule has 1 aliphatic heterocycles. The number of piperidine rings is 1. The van der Waals surface area contributed by atoms with E-state index in [9.17, 15) is 9.18 Å². The van der Waals surface area contributed by atoms with Crippen molar-refractivity contribution in [3.8, 4) is 5.69 Å². The van der Waals surface area contributed by atoms with Gasteiger partial charge in [0.15, 0.2) is 5.69 Å². The number of carbonyl (C=O) groups is 1. The van der Waals surface area contributed by atoms with Crippen LogP contribution in [0.5, 0.6) is 0 Å². The second-order valence-electron chi connectivity index (χ2n) is 6.08. The Morgan fingerprint density at radius 1 is 1.48 bits per heavy atom. The van der Waals surface area contributed by atoms with Gasteiger partial charge in [-0.3, -0.25) is 4.79 Å². The summed E-state index contributed by atoms with van der Waals surface area (Å²) in [5.74, 6) is -0.748. The number of nitrogens with zero attached hydrogens (tertiary/aromatic N) is 3. The lowest BCUT2D eigenvalue weighted by Gasteiger charge is -2.28. The highest BCUT2D eigenvalue weighted by molar-refractivity contribution is 6.30. The monoisotopic (exact) mass is 387 g/mol. The van der Waals surface area contributed by atoms with Crippen LogP contribution in [0.1, 0.15) is 35.9 Å². The molecule has 1 aliphatic rings. The molecule has 2 heterocycles. The quantitative estimate of drug-likeness (QED) is 0.848. The number of amides is 1. The third-order valence-electron chi connectivity index (χ3n) is 4.22. The zero-order chi connectivity index (χ0) is 17.3. The fraction of sp³-hybridized carbons (Fsp3) is 0.438. The third-order valence-corrected chi connectivity index (χ3v) is 4.51. The molecule has 2 N–H and O–H groups in total. The molecule has 3 rings (SSSR count). The third kappa shape index (κ3) is 4.29. The van der Waals surface area contributed by atoms with E-state index < -0.39 is 5.82 Å². The van der Waals surface area contributed by atoms with Crippen molar-refractivity contribution in [3.63, 3.8) is 0 Å². The van der Waals surface area contributed by atoms with E-state index in [-0.39, 0.29) is 35.1 Å². The van der Waals surface area contributed by atoms with Gasteiger partial charge in [0, 0.05) is 12.1 Å². The maximum absolute atomic E-state index is 13.3. The number of hydrogen-bond acceptors (Lipinski definition) is 4. The van der Waals surface area contributed by atoms with Crippen molar-refractivity contribution < 1.29 is 9.18 Å². The maximum Gasteiger partial charge on any atom is 0.273 e. The van der Waals surface area contributed by atoms with Crippen LogP contribution in [-0.2, 0) is 0 Å². The molecule has 0 aliphatic carbocycles. The first-order valence-corrected chi connectivity index (χ1v) is 8.25. The molecule has 1 aromatic carbocycles. The van der Waals surface area contributed by atoms with Gasteiger partial charge in [0.2, 0.25) is 0 Å². The van der Waals surface area contributed by atoms with E-state index in [2.05, 4.69) is 27.9 Å².